The molecule has 0 fully saturated rings. The zero-order valence-corrected chi connectivity index (χ0v) is 19.1. The van der Waals surface area contributed by atoms with Crippen LogP contribution in [0, 0.1) is 5.92 Å². The van der Waals surface area contributed by atoms with Crippen molar-refractivity contribution in [3.63, 3.8) is 0 Å². The number of benzene rings is 2. The fourth-order valence-electron chi connectivity index (χ4n) is 4.23. The summed E-state index contributed by atoms with van der Waals surface area (Å²) in [5.41, 5.74) is 1.42. The second-order valence-electron chi connectivity index (χ2n) is 7.77. The number of phenolic OH excluding ortho intramolecular Hbond substituents is 1. The molecule has 3 aromatic rings. The zero-order chi connectivity index (χ0) is 23.5. The Bertz CT molecular complexity index is 1470. The van der Waals surface area contributed by atoms with E-state index in [0.717, 1.165) is 9.98 Å². The summed E-state index contributed by atoms with van der Waals surface area (Å²) >= 11 is 6.02. The normalized spacial score (nSPS) is 20.1. The predicted octanol–water partition coefficient (Wildman–Crippen LogP) is 3.51. The third-order valence-corrected chi connectivity index (χ3v) is 7.60. The maximum absolute atomic E-state index is 13.7. The summed E-state index contributed by atoms with van der Waals surface area (Å²) in [6, 6.07) is 12.2. The minimum absolute atomic E-state index is 0.0763. The largest absolute Gasteiger partial charge is 0.506 e. The van der Waals surface area contributed by atoms with Gasteiger partial charge in [0.25, 0.3) is 10.0 Å². The minimum Gasteiger partial charge on any atom is -0.506 e. The first kappa shape index (κ1) is 21.4. The Labute approximate surface area is 194 Å². The molecule has 1 aromatic heterocycles. The number of halogens is 1. The number of aromatic hydroxyl groups is 1. The minimum atomic E-state index is -4.23. The average Bonchev–Trinajstić information content (AvgIpc) is 3.33. The smallest absolute Gasteiger partial charge is 0.285 e. The van der Waals surface area contributed by atoms with Crippen molar-refractivity contribution in [2.45, 2.75) is 24.8 Å². The molecule has 2 unspecified atom stereocenters. The number of carbonyl (C=O) groups excluding carboxylic acids is 1. The highest BCUT2D eigenvalue weighted by Crippen LogP contribution is 2.43. The summed E-state index contributed by atoms with van der Waals surface area (Å²) in [6.07, 6.45) is 1.47. The number of carbonyl (C=O) groups is 1. The number of sulfonamides is 1. The highest BCUT2D eigenvalue weighted by atomic mass is 35.5. The van der Waals surface area contributed by atoms with Gasteiger partial charge in [0.1, 0.15) is 11.3 Å². The number of aromatic nitrogens is 1. The van der Waals surface area contributed by atoms with Gasteiger partial charge in [-0.05, 0) is 48.9 Å². The van der Waals surface area contributed by atoms with Crippen LogP contribution in [0.1, 0.15) is 25.5 Å². The maximum Gasteiger partial charge on any atom is 0.285 e. The number of pyridine rings is 1. The number of rotatable bonds is 3. The van der Waals surface area contributed by atoms with Gasteiger partial charge >= 0.3 is 0 Å². The average molecular weight is 484 g/mol. The zero-order valence-electron chi connectivity index (χ0n) is 17.5. The summed E-state index contributed by atoms with van der Waals surface area (Å²) in [5.74, 6) is -0.882. The molecule has 0 bridgehead atoms. The molecule has 168 valence electrons. The van der Waals surface area contributed by atoms with Crippen LogP contribution < -0.4 is 0 Å². The van der Waals surface area contributed by atoms with Crippen molar-refractivity contribution in [2.24, 2.45) is 16.1 Å². The molecule has 5 rings (SSSR count). The van der Waals surface area contributed by atoms with Gasteiger partial charge in [0.2, 0.25) is 5.91 Å². The van der Waals surface area contributed by atoms with Crippen LogP contribution in [0.4, 0.5) is 0 Å². The molecule has 0 saturated carbocycles. The Morgan fingerprint density at radius 3 is 2.52 bits per heavy atom. The maximum atomic E-state index is 13.7. The lowest BCUT2D eigenvalue weighted by atomic mass is 9.90. The van der Waals surface area contributed by atoms with Crippen molar-refractivity contribution in [2.75, 3.05) is 0 Å². The first-order valence-electron chi connectivity index (χ1n) is 10.0. The second kappa shape index (κ2) is 7.53. The predicted molar refractivity (Wildman–Crippen MR) is 123 cm³/mol. The van der Waals surface area contributed by atoms with Crippen LogP contribution in [0.5, 0.6) is 5.75 Å². The van der Waals surface area contributed by atoms with Gasteiger partial charge in [-0.2, -0.15) is 18.6 Å². The van der Waals surface area contributed by atoms with Gasteiger partial charge in [0, 0.05) is 29.2 Å². The van der Waals surface area contributed by atoms with E-state index in [2.05, 4.69) is 15.2 Å². The Balaban J connectivity index is 1.63. The number of hydrogen-bond acceptors (Lipinski definition) is 7. The molecule has 1 amide bonds. The first-order valence-corrected chi connectivity index (χ1v) is 11.8. The van der Waals surface area contributed by atoms with Crippen molar-refractivity contribution in [3.8, 4) is 5.75 Å². The lowest BCUT2D eigenvalue weighted by molar-refractivity contribution is -0.130. The number of hydrogen-bond donors (Lipinski definition) is 1. The molecular weight excluding hydrogens is 466 g/mol. The van der Waals surface area contributed by atoms with Crippen LogP contribution in [0.25, 0.3) is 10.9 Å². The van der Waals surface area contributed by atoms with Gasteiger partial charge in [0.15, 0.2) is 5.84 Å². The molecule has 0 spiro atoms. The van der Waals surface area contributed by atoms with E-state index in [4.69, 9.17) is 11.6 Å². The summed E-state index contributed by atoms with van der Waals surface area (Å²) in [5, 5.41) is 20.9. The lowest BCUT2D eigenvalue weighted by Gasteiger charge is -2.24. The molecular formula is C22H18ClN5O4S. The summed E-state index contributed by atoms with van der Waals surface area (Å²) in [7, 11) is -4.23. The second-order valence-corrected chi connectivity index (χ2v) is 9.94. The molecule has 0 saturated heterocycles. The van der Waals surface area contributed by atoms with Crippen molar-refractivity contribution >= 4 is 50.0 Å². The van der Waals surface area contributed by atoms with Crippen LogP contribution >= 0.6 is 11.6 Å². The van der Waals surface area contributed by atoms with Crippen molar-refractivity contribution < 1.29 is 18.3 Å². The number of amides is 1. The molecule has 11 heteroatoms. The van der Waals surface area contributed by atoms with Crippen LogP contribution in [-0.4, -0.2) is 45.4 Å². The third kappa shape index (κ3) is 3.25. The molecule has 3 heterocycles. The SMILES string of the molecule is CC(=O)N1N=C2C(C(C)=NN2S(=O)(=O)c2ccc(O)c3ncccc23)C1c1ccc(Cl)cc1. The van der Waals surface area contributed by atoms with E-state index in [9.17, 15) is 18.3 Å². The number of phenols is 1. The van der Waals surface area contributed by atoms with Gasteiger partial charge in [-0.25, -0.2) is 5.01 Å². The summed E-state index contributed by atoms with van der Waals surface area (Å²) < 4.78 is 28.3. The van der Waals surface area contributed by atoms with Gasteiger partial charge in [-0.15, -0.1) is 4.41 Å². The Morgan fingerprint density at radius 2 is 1.82 bits per heavy atom. The number of nitrogens with zero attached hydrogens (tertiary/aromatic N) is 5. The summed E-state index contributed by atoms with van der Waals surface area (Å²) in [6.45, 7) is 3.08. The van der Waals surface area contributed by atoms with Crippen LogP contribution in [-0.2, 0) is 14.8 Å². The monoisotopic (exact) mass is 483 g/mol. The molecule has 2 atom stereocenters. The molecule has 9 nitrogen and oxygen atoms in total. The molecule has 33 heavy (non-hydrogen) atoms. The molecule has 0 aliphatic carbocycles. The Hall–Kier alpha value is -3.50. The first-order chi connectivity index (χ1) is 15.7. The lowest BCUT2D eigenvalue weighted by Crippen LogP contribution is -2.33. The van der Waals surface area contributed by atoms with E-state index in [1.807, 2.05) is 0 Å². The Kier molecular flexibility index (Phi) is 4.87. The van der Waals surface area contributed by atoms with Crippen molar-refractivity contribution in [1.29, 1.82) is 0 Å². The van der Waals surface area contributed by atoms with E-state index in [1.165, 1.54) is 30.3 Å². The standard InChI is InChI=1S/C22H18ClN5O4S/c1-12-19-21(14-5-7-15(23)8-6-14)27(13(2)29)26-22(19)28(25-12)33(31,32)18-10-9-17(30)20-16(18)4-3-11-24-20/h3-11,19,21,30H,1-2H3. The quantitative estimate of drug-likeness (QED) is 0.612. The topological polar surface area (TPSA) is 116 Å². The van der Waals surface area contributed by atoms with E-state index < -0.39 is 22.0 Å². The molecule has 2 aromatic carbocycles. The van der Waals surface area contributed by atoms with E-state index >= 15 is 0 Å². The van der Waals surface area contributed by atoms with Gasteiger partial charge in [0.05, 0.1) is 16.9 Å². The molecule has 2 aliphatic rings. The highest BCUT2D eigenvalue weighted by molar-refractivity contribution is 7.90. The van der Waals surface area contributed by atoms with Crippen LogP contribution in [0.15, 0.2) is 69.8 Å². The third-order valence-electron chi connectivity index (χ3n) is 5.71. The van der Waals surface area contributed by atoms with Gasteiger partial charge in [-0.1, -0.05) is 23.7 Å². The van der Waals surface area contributed by atoms with E-state index in [-0.39, 0.29) is 33.3 Å². The van der Waals surface area contributed by atoms with Crippen LogP contribution in [0.3, 0.4) is 0 Å². The number of fused-ring (bicyclic) bond motifs is 2. The van der Waals surface area contributed by atoms with E-state index in [1.54, 1.807) is 43.3 Å². The van der Waals surface area contributed by atoms with Crippen molar-refractivity contribution in [3.05, 3.63) is 65.3 Å². The van der Waals surface area contributed by atoms with Gasteiger partial charge in [-0.3, -0.25) is 9.78 Å². The number of amidine groups is 1. The molecule has 0 radical (unpaired) electrons. The van der Waals surface area contributed by atoms with Crippen molar-refractivity contribution in [1.82, 2.24) is 14.4 Å². The van der Waals surface area contributed by atoms with Crippen LogP contribution in [0.2, 0.25) is 5.02 Å². The summed E-state index contributed by atoms with van der Waals surface area (Å²) in [4.78, 5) is 16.4. The van der Waals surface area contributed by atoms with E-state index in [0.29, 0.717) is 10.7 Å². The fourth-order valence-corrected chi connectivity index (χ4v) is 5.86. The highest BCUT2D eigenvalue weighted by Gasteiger charge is 2.51. The Morgan fingerprint density at radius 1 is 1.09 bits per heavy atom. The van der Waals surface area contributed by atoms with Gasteiger partial charge < -0.3 is 5.11 Å². The fraction of sp³-hybridized carbons (Fsp3) is 0.182. The molecule has 2 aliphatic heterocycles. The molecule has 1 N–H and O–H groups in total. The number of hydrazone groups is 2.